The molecular weight excluding hydrogens is 160 g/mol. The summed E-state index contributed by atoms with van der Waals surface area (Å²) in [6, 6.07) is 2.73. The molecule has 0 saturated carbocycles. The van der Waals surface area contributed by atoms with Gasteiger partial charge in [-0.25, -0.2) is 4.59 Å². The molecule has 13 heavy (non-hydrogen) atoms. The maximum Gasteiger partial charge on any atom is 0.133 e. The third kappa shape index (κ3) is 0.909. The highest BCUT2D eigenvalue weighted by molar-refractivity contribution is 4.92. The van der Waals surface area contributed by atoms with Gasteiger partial charge in [-0.15, -0.1) is 5.01 Å². The summed E-state index contributed by atoms with van der Waals surface area (Å²) >= 11 is 0. The Morgan fingerprint density at radius 3 is 2.54 bits per heavy atom. The van der Waals surface area contributed by atoms with Crippen molar-refractivity contribution in [3.63, 3.8) is 0 Å². The molecule has 0 radical (unpaired) electrons. The molecule has 0 amide bonds. The Bertz CT molecular complexity index is 189. The largest absolute Gasteiger partial charge is 0.236 e. The van der Waals surface area contributed by atoms with Crippen molar-refractivity contribution in [1.29, 1.82) is 0 Å². The van der Waals surface area contributed by atoms with Gasteiger partial charge in [-0.3, -0.25) is 0 Å². The average Bonchev–Trinajstić information content (AvgIpc) is 2.12. The van der Waals surface area contributed by atoms with Gasteiger partial charge in [-0.2, -0.15) is 0 Å². The lowest BCUT2D eigenvalue weighted by molar-refractivity contribution is -1.16. The number of quaternary nitrogens is 1. The molecule has 2 aliphatic heterocycles. The first kappa shape index (κ1) is 9.47. The maximum atomic E-state index is 2.59. The summed E-state index contributed by atoms with van der Waals surface area (Å²) in [7, 11) is 2.30. The minimum absolute atomic E-state index is 0.828. The van der Waals surface area contributed by atoms with Gasteiger partial charge >= 0.3 is 0 Å². The summed E-state index contributed by atoms with van der Waals surface area (Å²) in [4.78, 5) is 0. The summed E-state index contributed by atoms with van der Waals surface area (Å²) in [5.41, 5.74) is 0. The van der Waals surface area contributed by atoms with E-state index in [4.69, 9.17) is 0 Å². The molecule has 2 heterocycles. The third-order valence-electron chi connectivity index (χ3n) is 4.51. The van der Waals surface area contributed by atoms with E-state index >= 15 is 0 Å². The van der Waals surface area contributed by atoms with Crippen LogP contribution in [0.25, 0.3) is 0 Å². The molecule has 76 valence electrons. The highest BCUT2D eigenvalue weighted by Crippen LogP contribution is 2.50. The normalized spacial score (nSPS) is 49.4. The zero-order chi connectivity index (χ0) is 9.64. The Labute approximate surface area is 82.1 Å². The second-order valence-corrected chi connectivity index (χ2v) is 4.79. The van der Waals surface area contributed by atoms with Crippen molar-refractivity contribution in [3.8, 4) is 0 Å². The van der Waals surface area contributed by atoms with Crippen molar-refractivity contribution in [1.82, 2.24) is 5.01 Å². The molecule has 2 nitrogen and oxygen atoms in total. The van der Waals surface area contributed by atoms with Gasteiger partial charge in [0.1, 0.15) is 18.1 Å². The van der Waals surface area contributed by atoms with Crippen LogP contribution in [0.4, 0.5) is 0 Å². The molecule has 2 saturated heterocycles. The van der Waals surface area contributed by atoms with Crippen LogP contribution in [0.5, 0.6) is 0 Å². The predicted molar refractivity (Wildman–Crippen MR) is 55.1 cm³/mol. The molecule has 2 aliphatic rings. The van der Waals surface area contributed by atoms with Crippen LogP contribution in [-0.2, 0) is 0 Å². The molecule has 0 aromatic rings. The zero-order valence-corrected chi connectivity index (χ0v) is 9.45. The van der Waals surface area contributed by atoms with Gasteiger partial charge in [0, 0.05) is 7.05 Å². The highest BCUT2D eigenvalue weighted by atomic mass is 15.9. The van der Waals surface area contributed by atoms with Crippen molar-refractivity contribution in [2.75, 3.05) is 13.6 Å². The second kappa shape index (κ2) is 2.96. The van der Waals surface area contributed by atoms with Crippen LogP contribution in [0.3, 0.4) is 0 Å². The molecule has 0 aliphatic carbocycles. The van der Waals surface area contributed by atoms with E-state index in [-0.39, 0.29) is 0 Å². The summed E-state index contributed by atoms with van der Waals surface area (Å²) in [6.07, 6.45) is 4.15. The molecule has 0 N–H and O–H groups in total. The lowest BCUT2D eigenvalue weighted by Gasteiger charge is -2.72. The van der Waals surface area contributed by atoms with Crippen molar-refractivity contribution in [2.24, 2.45) is 0 Å². The van der Waals surface area contributed by atoms with E-state index in [2.05, 4.69) is 32.8 Å². The number of rotatable bonds is 3. The minimum atomic E-state index is 0.828. The molecule has 0 bridgehead atoms. The summed E-state index contributed by atoms with van der Waals surface area (Å²) < 4.78 is 1.33. The molecule has 2 fully saturated rings. The Balaban J connectivity index is 2.10. The van der Waals surface area contributed by atoms with Crippen molar-refractivity contribution in [3.05, 3.63) is 0 Å². The van der Waals surface area contributed by atoms with Gasteiger partial charge in [0.2, 0.25) is 0 Å². The van der Waals surface area contributed by atoms with Gasteiger partial charge in [-0.05, 0) is 19.8 Å². The highest BCUT2D eigenvalue weighted by Gasteiger charge is 2.68. The molecule has 0 aromatic carbocycles. The van der Waals surface area contributed by atoms with E-state index in [9.17, 15) is 0 Å². The van der Waals surface area contributed by atoms with Gasteiger partial charge in [0.25, 0.3) is 0 Å². The lowest BCUT2D eigenvalue weighted by Crippen LogP contribution is -2.91. The number of hydrogen-bond donors (Lipinski definition) is 0. The predicted octanol–water partition coefficient (Wildman–Crippen LogP) is 2.01. The van der Waals surface area contributed by atoms with Gasteiger partial charge in [-0.1, -0.05) is 13.8 Å². The fourth-order valence-electron chi connectivity index (χ4n) is 3.70. The molecule has 0 spiro atoms. The zero-order valence-electron chi connectivity index (χ0n) is 9.45. The second-order valence-electron chi connectivity index (χ2n) is 4.79. The first-order valence-corrected chi connectivity index (χ1v) is 5.79. The number of fused-ring (bicyclic) bond motifs is 1. The standard InChI is InChI=1S/C11H23N2/c1-5-7-13-10(6-2)8-11(13)9(3)12(13)4/h9-11H,5-8H2,1-4H3/q+1. The van der Waals surface area contributed by atoms with Crippen LogP contribution in [0, 0.1) is 0 Å². The van der Waals surface area contributed by atoms with Crippen LogP contribution in [-0.4, -0.2) is 41.3 Å². The van der Waals surface area contributed by atoms with Crippen molar-refractivity contribution < 1.29 is 4.59 Å². The smallest absolute Gasteiger partial charge is 0.133 e. The van der Waals surface area contributed by atoms with Gasteiger partial charge < -0.3 is 0 Å². The van der Waals surface area contributed by atoms with Gasteiger partial charge in [0.15, 0.2) is 0 Å². The molecule has 2 heteroatoms. The van der Waals surface area contributed by atoms with E-state index in [0.717, 1.165) is 18.1 Å². The van der Waals surface area contributed by atoms with Crippen LogP contribution >= 0.6 is 0 Å². The quantitative estimate of drug-likeness (QED) is 0.605. The number of hydrogen-bond acceptors (Lipinski definition) is 1. The van der Waals surface area contributed by atoms with Crippen molar-refractivity contribution >= 4 is 0 Å². The maximum absolute atomic E-state index is 2.59. The lowest BCUT2D eigenvalue weighted by atomic mass is 9.78. The Morgan fingerprint density at radius 1 is 1.38 bits per heavy atom. The molecule has 0 aromatic heterocycles. The van der Waals surface area contributed by atoms with E-state index in [1.807, 2.05) is 0 Å². The van der Waals surface area contributed by atoms with E-state index in [0.29, 0.717) is 0 Å². The molecular formula is C11H23N2+. The van der Waals surface area contributed by atoms with E-state index in [1.54, 1.807) is 0 Å². The fraction of sp³-hybridized carbons (Fsp3) is 1.00. The Hall–Kier alpha value is -0.0800. The molecule has 4 unspecified atom stereocenters. The monoisotopic (exact) mass is 183 g/mol. The van der Waals surface area contributed by atoms with Gasteiger partial charge in [0.05, 0.1) is 13.0 Å². The Kier molecular flexibility index (Phi) is 2.16. The SMILES string of the molecule is CCC[N+]12C(CC)CC1C(C)N2C. The number of likely N-dealkylation sites (N-methyl/N-ethyl adjacent to an activating group) is 1. The summed E-state index contributed by atoms with van der Waals surface area (Å²) in [5, 5.41) is 2.59. The first-order chi connectivity index (χ1) is 6.18. The van der Waals surface area contributed by atoms with Crippen molar-refractivity contribution in [2.45, 2.75) is 58.2 Å². The molecule has 2 rings (SSSR count). The summed E-state index contributed by atoms with van der Waals surface area (Å²) in [5.74, 6) is 0. The Morgan fingerprint density at radius 2 is 2.08 bits per heavy atom. The first-order valence-electron chi connectivity index (χ1n) is 5.79. The van der Waals surface area contributed by atoms with E-state index in [1.165, 1.54) is 30.4 Å². The third-order valence-corrected chi connectivity index (χ3v) is 4.51. The number of nitrogens with zero attached hydrogens (tertiary/aromatic N) is 2. The minimum Gasteiger partial charge on any atom is -0.236 e. The fourth-order valence-corrected chi connectivity index (χ4v) is 3.70. The van der Waals surface area contributed by atoms with Crippen LogP contribution in [0.2, 0.25) is 0 Å². The van der Waals surface area contributed by atoms with E-state index < -0.39 is 0 Å². The average molecular weight is 183 g/mol. The topological polar surface area (TPSA) is 3.24 Å². The molecule has 4 atom stereocenters. The van der Waals surface area contributed by atoms with Crippen LogP contribution < -0.4 is 0 Å². The van der Waals surface area contributed by atoms with Crippen LogP contribution in [0.15, 0.2) is 0 Å². The summed E-state index contributed by atoms with van der Waals surface area (Å²) in [6.45, 7) is 8.39. The van der Waals surface area contributed by atoms with Crippen LogP contribution in [0.1, 0.15) is 40.0 Å².